The third-order valence-corrected chi connectivity index (χ3v) is 5.06. The molecule has 0 spiro atoms. The molecule has 2 atom stereocenters. The van der Waals surface area contributed by atoms with E-state index in [1.165, 1.54) is 0 Å². The van der Waals surface area contributed by atoms with Gasteiger partial charge in [0, 0.05) is 19.4 Å². The van der Waals surface area contributed by atoms with Gasteiger partial charge in [-0.3, -0.25) is 4.79 Å². The molecule has 146 valence electrons. The van der Waals surface area contributed by atoms with Crippen LogP contribution in [0.25, 0.3) is 0 Å². The Morgan fingerprint density at radius 2 is 1.82 bits per heavy atom. The molecule has 5 nitrogen and oxygen atoms in total. The Labute approximate surface area is 164 Å². The lowest BCUT2D eigenvalue weighted by atomic mass is 10.1. The third kappa shape index (κ3) is 5.30. The number of carboxylic acid groups (broad SMARTS) is 1. The minimum absolute atomic E-state index is 0.00350. The maximum atomic E-state index is 12.2. The molecule has 2 N–H and O–H groups in total. The molecule has 1 aliphatic heterocycles. The van der Waals surface area contributed by atoms with Crippen LogP contribution in [0.5, 0.6) is 0 Å². The second-order valence-corrected chi connectivity index (χ2v) is 7.09. The molecular formula is C23H25NO4. The summed E-state index contributed by atoms with van der Waals surface area (Å²) in [6, 6.07) is 16.6. The number of hydrogen-bond donors (Lipinski definition) is 2. The standard InChI is InChI=1S/C23H25NO4/c25-21(16-18-4-2-1-3-5-18)12-10-20-11-13-22(26)24(20)15-14-17-6-8-19(9-7-17)23(27)28/h1-10,12,20-21,25H,11,13-16H2,(H,27,28)/t20-,21+/m0/s1. The molecule has 2 aromatic rings. The van der Waals surface area contributed by atoms with Crippen LogP contribution in [0, 0.1) is 0 Å². The van der Waals surface area contributed by atoms with Crippen molar-refractivity contribution < 1.29 is 19.8 Å². The van der Waals surface area contributed by atoms with Crippen molar-refractivity contribution >= 4 is 11.9 Å². The van der Waals surface area contributed by atoms with Gasteiger partial charge >= 0.3 is 5.97 Å². The summed E-state index contributed by atoms with van der Waals surface area (Å²) in [5.74, 6) is -0.824. The van der Waals surface area contributed by atoms with Crippen LogP contribution in [0.4, 0.5) is 0 Å². The van der Waals surface area contributed by atoms with E-state index in [1.54, 1.807) is 30.3 Å². The van der Waals surface area contributed by atoms with Gasteiger partial charge in [-0.1, -0.05) is 54.6 Å². The summed E-state index contributed by atoms with van der Waals surface area (Å²) in [5, 5.41) is 19.2. The minimum Gasteiger partial charge on any atom is -0.478 e. The topological polar surface area (TPSA) is 77.8 Å². The molecule has 1 amide bonds. The average Bonchev–Trinajstić information content (AvgIpc) is 3.05. The first-order valence-corrected chi connectivity index (χ1v) is 9.55. The van der Waals surface area contributed by atoms with Gasteiger partial charge in [-0.15, -0.1) is 0 Å². The fourth-order valence-corrected chi connectivity index (χ4v) is 3.49. The fraction of sp³-hybridized carbons (Fsp3) is 0.304. The van der Waals surface area contributed by atoms with E-state index in [4.69, 9.17) is 5.11 Å². The number of nitrogens with zero attached hydrogens (tertiary/aromatic N) is 1. The first-order chi connectivity index (χ1) is 13.5. The van der Waals surface area contributed by atoms with E-state index in [9.17, 15) is 14.7 Å². The number of hydrogen-bond acceptors (Lipinski definition) is 3. The second kappa shape index (κ2) is 9.33. The molecule has 0 aromatic heterocycles. The summed E-state index contributed by atoms with van der Waals surface area (Å²) in [5.41, 5.74) is 2.33. The zero-order valence-electron chi connectivity index (χ0n) is 15.7. The highest BCUT2D eigenvalue weighted by Gasteiger charge is 2.28. The van der Waals surface area contributed by atoms with Crippen LogP contribution in [0.1, 0.15) is 34.3 Å². The highest BCUT2D eigenvalue weighted by atomic mass is 16.4. The third-order valence-electron chi connectivity index (χ3n) is 5.06. The summed E-state index contributed by atoms with van der Waals surface area (Å²) < 4.78 is 0. The molecule has 0 bridgehead atoms. The van der Waals surface area contributed by atoms with Gasteiger partial charge in [0.25, 0.3) is 0 Å². The minimum atomic E-state index is -0.944. The molecule has 3 rings (SSSR count). The molecule has 0 saturated carbocycles. The first kappa shape index (κ1) is 19.8. The van der Waals surface area contributed by atoms with Crippen LogP contribution >= 0.6 is 0 Å². The van der Waals surface area contributed by atoms with Crippen molar-refractivity contribution in [2.75, 3.05) is 6.54 Å². The van der Waals surface area contributed by atoms with Crippen molar-refractivity contribution in [2.45, 2.75) is 37.8 Å². The highest BCUT2D eigenvalue weighted by molar-refractivity contribution is 5.87. The van der Waals surface area contributed by atoms with Crippen LogP contribution in [0.2, 0.25) is 0 Å². The van der Waals surface area contributed by atoms with Crippen LogP contribution < -0.4 is 0 Å². The van der Waals surface area contributed by atoms with Gasteiger partial charge in [0.2, 0.25) is 5.91 Å². The monoisotopic (exact) mass is 379 g/mol. The van der Waals surface area contributed by atoms with Crippen molar-refractivity contribution in [3.63, 3.8) is 0 Å². The van der Waals surface area contributed by atoms with E-state index in [0.29, 0.717) is 25.8 Å². The zero-order valence-corrected chi connectivity index (χ0v) is 15.7. The number of aliphatic hydroxyl groups excluding tert-OH is 1. The normalized spacial score (nSPS) is 18.0. The number of aliphatic hydroxyl groups is 1. The number of benzene rings is 2. The van der Waals surface area contributed by atoms with Gasteiger partial charge in [0.1, 0.15) is 0 Å². The van der Waals surface area contributed by atoms with Crippen LogP contribution in [0.15, 0.2) is 66.7 Å². The van der Waals surface area contributed by atoms with Crippen LogP contribution in [-0.2, 0) is 17.6 Å². The average molecular weight is 379 g/mol. The summed E-state index contributed by atoms with van der Waals surface area (Å²) in [6.45, 7) is 0.578. The quantitative estimate of drug-likeness (QED) is 0.691. The van der Waals surface area contributed by atoms with E-state index < -0.39 is 12.1 Å². The zero-order chi connectivity index (χ0) is 19.9. The summed E-state index contributed by atoms with van der Waals surface area (Å²) in [6.07, 6.45) is 5.63. The molecule has 1 fully saturated rings. The molecular weight excluding hydrogens is 354 g/mol. The Hall–Kier alpha value is -2.92. The Bertz CT molecular complexity index is 829. The number of carbonyl (C=O) groups is 2. The molecule has 5 heteroatoms. The lowest BCUT2D eigenvalue weighted by Gasteiger charge is -2.23. The summed E-state index contributed by atoms with van der Waals surface area (Å²) in [7, 11) is 0. The van der Waals surface area contributed by atoms with E-state index in [0.717, 1.165) is 17.5 Å². The Balaban J connectivity index is 1.55. The number of carbonyl (C=O) groups excluding carboxylic acids is 1. The number of likely N-dealkylation sites (tertiary alicyclic amines) is 1. The van der Waals surface area contributed by atoms with E-state index >= 15 is 0 Å². The molecule has 1 saturated heterocycles. The van der Waals surface area contributed by atoms with Crippen molar-refractivity contribution in [3.05, 3.63) is 83.4 Å². The highest BCUT2D eigenvalue weighted by Crippen LogP contribution is 2.21. The first-order valence-electron chi connectivity index (χ1n) is 9.55. The van der Waals surface area contributed by atoms with Crippen molar-refractivity contribution in [1.82, 2.24) is 4.90 Å². The van der Waals surface area contributed by atoms with Gasteiger partial charge in [0.05, 0.1) is 17.7 Å². The van der Waals surface area contributed by atoms with Gasteiger partial charge in [-0.2, -0.15) is 0 Å². The second-order valence-electron chi connectivity index (χ2n) is 7.09. The Kier molecular flexibility index (Phi) is 6.61. The van der Waals surface area contributed by atoms with Gasteiger partial charge in [-0.25, -0.2) is 4.79 Å². The lowest BCUT2D eigenvalue weighted by Crippen LogP contribution is -2.33. The number of aromatic carboxylic acids is 1. The molecule has 0 radical (unpaired) electrons. The van der Waals surface area contributed by atoms with E-state index in [2.05, 4.69) is 0 Å². The maximum absolute atomic E-state index is 12.2. The number of carboxylic acids is 1. The smallest absolute Gasteiger partial charge is 0.335 e. The predicted molar refractivity (Wildman–Crippen MR) is 107 cm³/mol. The largest absolute Gasteiger partial charge is 0.478 e. The van der Waals surface area contributed by atoms with Gasteiger partial charge < -0.3 is 15.1 Å². The molecule has 1 heterocycles. The van der Waals surface area contributed by atoms with E-state index in [-0.39, 0.29) is 17.5 Å². The molecule has 0 aliphatic carbocycles. The van der Waals surface area contributed by atoms with Crippen LogP contribution in [0.3, 0.4) is 0 Å². The SMILES string of the molecule is O=C(O)c1ccc(CCN2C(=O)CC[C@@H]2C=C[C@@H](O)Cc2ccccc2)cc1. The fourth-order valence-electron chi connectivity index (χ4n) is 3.49. The van der Waals surface area contributed by atoms with E-state index in [1.807, 2.05) is 41.3 Å². The van der Waals surface area contributed by atoms with Crippen LogP contribution in [-0.4, -0.2) is 45.7 Å². The molecule has 1 aliphatic rings. The lowest BCUT2D eigenvalue weighted by molar-refractivity contribution is -0.128. The molecule has 0 unspecified atom stereocenters. The van der Waals surface area contributed by atoms with Crippen molar-refractivity contribution in [2.24, 2.45) is 0 Å². The maximum Gasteiger partial charge on any atom is 0.335 e. The molecule has 2 aromatic carbocycles. The Morgan fingerprint density at radius 3 is 2.50 bits per heavy atom. The van der Waals surface area contributed by atoms with Crippen molar-refractivity contribution in [3.8, 4) is 0 Å². The summed E-state index contributed by atoms with van der Waals surface area (Å²) >= 11 is 0. The Morgan fingerprint density at radius 1 is 1.11 bits per heavy atom. The number of amides is 1. The predicted octanol–water partition coefficient (Wildman–Crippen LogP) is 3.08. The van der Waals surface area contributed by atoms with Gasteiger partial charge in [0.15, 0.2) is 0 Å². The number of rotatable bonds is 8. The molecule has 28 heavy (non-hydrogen) atoms. The van der Waals surface area contributed by atoms with Crippen molar-refractivity contribution in [1.29, 1.82) is 0 Å². The summed E-state index contributed by atoms with van der Waals surface area (Å²) in [4.78, 5) is 25.0. The van der Waals surface area contributed by atoms with Gasteiger partial charge in [-0.05, 0) is 36.1 Å².